The van der Waals surface area contributed by atoms with Crippen LogP contribution in [0.3, 0.4) is 0 Å². The topological polar surface area (TPSA) is 97.5 Å². The Morgan fingerprint density at radius 2 is 2.10 bits per heavy atom. The standard InChI is InChI=1S/C14H14FNO5/c15-10-5-9(6-11(7-10)16(20)21)8-14(13(18)19)4-2-1-3-12(14)17/h5-7H,1-4,8H2,(H,18,19). The van der Waals surface area contributed by atoms with Crippen LogP contribution in [0.15, 0.2) is 18.2 Å². The van der Waals surface area contributed by atoms with Gasteiger partial charge in [0.1, 0.15) is 11.2 Å². The largest absolute Gasteiger partial charge is 0.480 e. The van der Waals surface area contributed by atoms with Gasteiger partial charge in [-0.3, -0.25) is 19.7 Å². The molecule has 0 amide bonds. The summed E-state index contributed by atoms with van der Waals surface area (Å²) in [6.07, 6.45) is 1.35. The normalized spacial score (nSPS) is 22.0. The Kier molecular flexibility index (Phi) is 4.02. The molecular formula is C14H14FNO5. The van der Waals surface area contributed by atoms with Crippen LogP contribution in [0.4, 0.5) is 10.1 Å². The van der Waals surface area contributed by atoms with Crippen LogP contribution < -0.4 is 0 Å². The lowest BCUT2D eigenvalue weighted by atomic mass is 9.69. The van der Waals surface area contributed by atoms with Crippen LogP contribution in [0.25, 0.3) is 0 Å². The zero-order chi connectivity index (χ0) is 15.6. The number of carboxylic acid groups (broad SMARTS) is 1. The molecule has 2 rings (SSSR count). The van der Waals surface area contributed by atoms with E-state index in [1.807, 2.05) is 0 Å². The first kappa shape index (κ1) is 15.1. The average Bonchev–Trinajstić information content (AvgIpc) is 2.40. The highest BCUT2D eigenvalue weighted by atomic mass is 19.1. The molecule has 0 aromatic heterocycles. The van der Waals surface area contributed by atoms with E-state index in [1.165, 1.54) is 0 Å². The lowest BCUT2D eigenvalue weighted by Crippen LogP contribution is -2.43. The van der Waals surface area contributed by atoms with Gasteiger partial charge in [0, 0.05) is 12.5 Å². The van der Waals surface area contributed by atoms with Crippen LogP contribution in [-0.2, 0) is 16.0 Å². The van der Waals surface area contributed by atoms with Gasteiger partial charge in [-0.25, -0.2) is 4.39 Å². The van der Waals surface area contributed by atoms with Gasteiger partial charge in [-0.1, -0.05) is 6.42 Å². The summed E-state index contributed by atoms with van der Waals surface area (Å²) in [5, 5.41) is 20.2. The molecule has 6 nitrogen and oxygen atoms in total. The molecule has 0 aliphatic heterocycles. The summed E-state index contributed by atoms with van der Waals surface area (Å²) in [5.41, 5.74) is -1.90. The Bertz CT molecular complexity index is 615. The Balaban J connectivity index is 2.40. The van der Waals surface area contributed by atoms with Crippen LogP contribution in [0, 0.1) is 21.3 Å². The monoisotopic (exact) mass is 295 g/mol. The van der Waals surface area contributed by atoms with Crippen molar-refractivity contribution in [1.82, 2.24) is 0 Å². The number of hydrogen-bond acceptors (Lipinski definition) is 4. The fraction of sp³-hybridized carbons (Fsp3) is 0.429. The maximum Gasteiger partial charge on any atom is 0.317 e. The number of nitrogens with zero attached hydrogens (tertiary/aromatic N) is 1. The maximum atomic E-state index is 13.4. The number of nitro groups is 1. The molecule has 0 saturated heterocycles. The molecule has 1 saturated carbocycles. The molecule has 1 fully saturated rings. The second-order valence-corrected chi connectivity index (χ2v) is 5.27. The number of carboxylic acids is 1. The van der Waals surface area contributed by atoms with Gasteiger partial charge in [-0.15, -0.1) is 0 Å². The first-order valence-corrected chi connectivity index (χ1v) is 6.56. The van der Waals surface area contributed by atoms with Crippen LogP contribution in [0.5, 0.6) is 0 Å². The quantitative estimate of drug-likeness (QED) is 0.523. The van der Waals surface area contributed by atoms with E-state index in [9.17, 15) is 29.2 Å². The van der Waals surface area contributed by atoms with E-state index in [1.54, 1.807) is 0 Å². The van der Waals surface area contributed by atoms with Crippen molar-refractivity contribution in [3.05, 3.63) is 39.7 Å². The Hall–Kier alpha value is -2.31. The van der Waals surface area contributed by atoms with E-state index in [0.717, 1.165) is 18.2 Å². The van der Waals surface area contributed by atoms with Gasteiger partial charge in [0.25, 0.3) is 5.69 Å². The highest BCUT2D eigenvalue weighted by Gasteiger charge is 2.46. The fourth-order valence-corrected chi connectivity index (χ4v) is 2.77. The Morgan fingerprint density at radius 3 is 2.67 bits per heavy atom. The van der Waals surface area contributed by atoms with Crippen molar-refractivity contribution in [2.75, 3.05) is 0 Å². The number of halogens is 1. The van der Waals surface area contributed by atoms with E-state index in [4.69, 9.17) is 0 Å². The van der Waals surface area contributed by atoms with Gasteiger partial charge < -0.3 is 5.11 Å². The second kappa shape index (κ2) is 5.59. The number of rotatable bonds is 4. The molecule has 1 aliphatic rings. The zero-order valence-electron chi connectivity index (χ0n) is 11.2. The van der Waals surface area contributed by atoms with Crippen molar-refractivity contribution >= 4 is 17.4 Å². The summed E-state index contributed by atoms with van der Waals surface area (Å²) >= 11 is 0. The number of benzene rings is 1. The summed E-state index contributed by atoms with van der Waals surface area (Å²) in [7, 11) is 0. The molecule has 21 heavy (non-hydrogen) atoms. The summed E-state index contributed by atoms with van der Waals surface area (Å²) in [5.74, 6) is -2.46. The molecule has 112 valence electrons. The third-order valence-corrected chi connectivity index (χ3v) is 3.86. The van der Waals surface area contributed by atoms with Gasteiger partial charge in [0.05, 0.1) is 11.0 Å². The van der Waals surface area contributed by atoms with Gasteiger partial charge >= 0.3 is 5.97 Å². The van der Waals surface area contributed by atoms with Crippen LogP contribution in [-0.4, -0.2) is 21.8 Å². The first-order valence-electron chi connectivity index (χ1n) is 6.56. The number of hydrogen-bond donors (Lipinski definition) is 1. The van der Waals surface area contributed by atoms with Crippen LogP contribution in [0.1, 0.15) is 31.2 Å². The number of carbonyl (C=O) groups is 2. The smallest absolute Gasteiger partial charge is 0.317 e. The second-order valence-electron chi connectivity index (χ2n) is 5.27. The molecule has 7 heteroatoms. The molecule has 0 spiro atoms. The summed E-state index contributed by atoms with van der Waals surface area (Å²) < 4.78 is 13.4. The van der Waals surface area contributed by atoms with Gasteiger partial charge in [0.15, 0.2) is 5.78 Å². The molecule has 0 heterocycles. The number of non-ortho nitro benzene ring substituents is 1. The first-order chi connectivity index (χ1) is 9.85. The van der Waals surface area contributed by atoms with E-state index in [0.29, 0.717) is 12.8 Å². The van der Waals surface area contributed by atoms with Gasteiger partial charge in [-0.2, -0.15) is 0 Å². The van der Waals surface area contributed by atoms with Crippen molar-refractivity contribution in [3.63, 3.8) is 0 Å². The van der Waals surface area contributed by atoms with E-state index >= 15 is 0 Å². The Labute approximate surface area is 119 Å². The SMILES string of the molecule is O=C(O)C1(Cc2cc(F)cc([N+](=O)[O-])c2)CCCCC1=O. The average molecular weight is 295 g/mol. The minimum atomic E-state index is -1.60. The minimum Gasteiger partial charge on any atom is -0.480 e. The minimum absolute atomic E-state index is 0.152. The molecule has 1 aromatic rings. The van der Waals surface area contributed by atoms with Crippen LogP contribution >= 0.6 is 0 Å². The molecule has 0 bridgehead atoms. The highest BCUT2D eigenvalue weighted by molar-refractivity contribution is 6.03. The van der Waals surface area contributed by atoms with Gasteiger partial charge in [-0.05, 0) is 30.9 Å². The number of nitro benzene ring substituents is 1. The zero-order valence-corrected chi connectivity index (χ0v) is 11.2. The van der Waals surface area contributed by atoms with Gasteiger partial charge in [0.2, 0.25) is 0 Å². The number of Topliss-reactive ketones (excluding diaryl/α,β-unsaturated/α-hetero) is 1. The summed E-state index contributed by atoms with van der Waals surface area (Å²) in [4.78, 5) is 33.6. The highest BCUT2D eigenvalue weighted by Crippen LogP contribution is 2.37. The van der Waals surface area contributed by atoms with Crippen molar-refractivity contribution in [1.29, 1.82) is 0 Å². The Morgan fingerprint density at radius 1 is 1.38 bits per heavy atom. The predicted molar refractivity (Wildman–Crippen MR) is 70.3 cm³/mol. The van der Waals surface area contributed by atoms with E-state index in [-0.39, 0.29) is 24.8 Å². The lowest BCUT2D eigenvalue weighted by molar-refractivity contribution is -0.385. The van der Waals surface area contributed by atoms with E-state index in [2.05, 4.69) is 0 Å². The maximum absolute atomic E-state index is 13.4. The summed E-state index contributed by atoms with van der Waals surface area (Å²) in [6, 6.07) is 2.93. The molecule has 1 aromatic carbocycles. The lowest BCUT2D eigenvalue weighted by Gasteiger charge is -2.31. The molecule has 1 unspecified atom stereocenters. The third kappa shape index (κ3) is 2.91. The fourth-order valence-electron chi connectivity index (χ4n) is 2.77. The molecule has 1 atom stereocenters. The number of aliphatic carboxylic acids is 1. The predicted octanol–water partition coefficient (Wildman–Crippen LogP) is 2.49. The van der Waals surface area contributed by atoms with E-state index < -0.39 is 33.6 Å². The summed E-state index contributed by atoms with van der Waals surface area (Å²) in [6.45, 7) is 0. The van der Waals surface area contributed by atoms with Crippen molar-refractivity contribution in [2.45, 2.75) is 32.1 Å². The number of ketones is 1. The number of carbonyl (C=O) groups excluding carboxylic acids is 1. The van der Waals surface area contributed by atoms with Crippen molar-refractivity contribution in [2.24, 2.45) is 5.41 Å². The van der Waals surface area contributed by atoms with Crippen molar-refractivity contribution in [3.8, 4) is 0 Å². The molecule has 1 aliphatic carbocycles. The molecule has 1 N–H and O–H groups in total. The molecular weight excluding hydrogens is 281 g/mol. The van der Waals surface area contributed by atoms with Crippen molar-refractivity contribution < 1.29 is 24.0 Å². The van der Waals surface area contributed by atoms with Crippen LogP contribution in [0.2, 0.25) is 0 Å². The third-order valence-electron chi connectivity index (χ3n) is 3.86. The molecule has 0 radical (unpaired) electrons.